The van der Waals surface area contributed by atoms with Crippen LogP contribution in [0.2, 0.25) is 0 Å². The van der Waals surface area contributed by atoms with E-state index in [0.717, 1.165) is 11.3 Å². The van der Waals surface area contributed by atoms with E-state index in [4.69, 9.17) is 0 Å². The molecule has 96 valence electrons. The summed E-state index contributed by atoms with van der Waals surface area (Å²) >= 11 is 0. The number of hydrogen-bond acceptors (Lipinski definition) is 2. The van der Waals surface area contributed by atoms with E-state index in [0.29, 0.717) is 13.0 Å². The molecule has 0 saturated carbocycles. The molecule has 1 aromatic carbocycles. The number of benzene rings is 1. The van der Waals surface area contributed by atoms with Gasteiger partial charge in [0.15, 0.2) is 0 Å². The number of ketones is 1. The third-order valence-electron chi connectivity index (χ3n) is 3.43. The monoisotopic (exact) mass is 245 g/mol. The number of nitrogens with zero attached hydrogens (tertiary/aromatic N) is 1. The summed E-state index contributed by atoms with van der Waals surface area (Å²) in [6.45, 7) is 6.35. The SMILES string of the molecule is Cc1cccc(N2CCC(C(=O)C(C)C)C2=O)c1. The Labute approximate surface area is 108 Å². The lowest BCUT2D eigenvalue weighted by Gasteiger charge is -2.17. The van der Waals surface area contributed by atoms with Gasteiger partial charge in [0, 0.05) is 18.2 Å². The van der Waals surface area contributed by atoms with Gasteiger partial charge < -0.3 is 4.90 Å². The summed E-state index contributed by atoms with van der Waals surface area (Å²) in [6.07, 6.45) is 0.643. The predicted octanol–water partition coefficient (Wildman–Crippen LogP) is 2.57. The normalized spacial score (nSPS) is 19.7. The molecule has 18 heavy (non-hydrogen) atoms. The molecule has 3 heteroatoms. The number of rotatable bonds is 3. The number of carbonyl (C=O) groups excluding carboxylic acids is 2. The van der Waals surface area contributed by atoms with Crippen molar-refractivity contribution in [2.45, 2.75) is 27.2 Å². The first kappa shape index (κ1) is 12.8. The van der Waals surface area contributed by atoms with Crippen molar-refractivity contribution in [1.29, 1.82) is 0 Å². The molecular weight excluding hydrogens is 226 g/mol. The summed E-state index contributed by atoms with van der Waals surface area (Å²) in [5.41, 5.74) is 2.03. The van der Waals surface area contributed by atoms with Gasteiger partial charge in [-0.2, -0.15) is 0 Å². The molecule has 0 radical (unpaired) electrons. The van der Waals surface area contributed by atoms with Crippen LogP contribution in [-0.2, 0) is 9.59 Å². The van der Waals surface area contributed by atoms with Crippen LogP contribution in [0.25, 0.3) is 0 Å². The molecule has 1 fully saturated rings. The molecule has 0 bridgehead atoms. The summed E-state index contributed by atoms with van der Waals surface area (Å²) < 4.78 is 0. The number of carbonyl (C=O) groups is 2. The minimum absolute atomic E-state index is 0.0423. The van der Waals surface area contributed by atoms with E-state index >= 15 is 0 Å². The van der Waals surface area contributed by atoms with Gasteiger partial charge in [-0.05, 0) is 31.0 Å². The van der Waals surface area contributed by atoms with E-state index in [-0.39, 0.29) is 17.6 Å². The van der Waals surface area contributed by atoms with Crippen molar-refractivity contribution in [2.24, 2.45) is 11.8 Å². The van der Waals surface area contributed by atoms with Crippen LogP contribution in [0, 0.1) is 18.8 Å². The fraction of sp³-hybridized carbons (Fsp3) is 0.467. The summed E-state index contributed by atoms with van der Waals surface area (Å²) in [7, 11) is 0. The van der Waals surface area contributed by atoms with Crippen molar-refractivity contribution >= 4 is 17.4 Å². The number of anilines is 1. The molecular formula is C15H19NO2. The maximum absolute atomic E-state index is 12.3. The van der Waals surface area contributed by atoms with Crippen LogP contribution in [-0.4, -0.2) is 18.2 Å². The highest BCUT2D eigenvalue weighted by Crippen LogP contribution is 2.27. The predicted molar refractivity (Wildman–Crippen MR) is 71.5 cm³/mol. The molecule has 3 nitrogen and oxygen atoms in total. The quantitative estimate of drug-likeness (QED) is 0.767. The molecule has 1 atom stereocenters. The number of amides is 1. The molecule has 1 aliphatic heterocycles. The third kappa shape index (κ3) is 2.30. The Kier molecular flexibility index (Phi) is 3.50. The lowest BCUT2D eigenvalue weighted by Crippen LogP contribution is -2.31. The lowest BCUT2D eigenvalue weighted by molar-refractivity contribution is -0.132. The van der Waals surface area contributed by atoms with Gasteiger partial charge in [-0.25, -0.2) is 0 Å². The summed E-state index contributed by atoms with van der Waals surface area (Å²) in [4.78, 5) is 26.0. The smallest absolute Gasteiger partial charge is 0.237 e. The van der Waals surface area contributed by atoms with Gasteiger partial charge in [-0.3, -0.25) is 9.59 Å². The highest BCUT2D eigenvalue weighted by Gasteiger charge is 2.38. The van der Waals surface area contributed by atoms with Crippen LogP contribution in [0.5, 0.6) is 0 Å². The van der Waals surface area contributed by atoms with Gasteiger partial charge in [0.1, 0.15) is 5.78 Å². The molecule has 1 aromatic rings. The first-order valence-electron chi connectivity index (χ1n) is 6.42. The molecule has 1 saturated heterocycles. The van der Waals surface area contributed by atoms with Gasteiger partial charge in [0.25, 0.3) is 0 Å². The zero-order valence-electron chi connectivity index (χ0n) is 11.1. The Bertz CT molecular complexity index is 479. The van der Waals surface area contributed by atoms with Gasteiger partial charge >= 0.3 is 0 Å². The molecule has 0 aliphatic carbocycles. The zero-order chi connectivity index (χ0) is 13.3. The second-order valence-electron chi connectivity index (χ2n) is 5.23. The van der Waals surface area contributed by atoms with Crippen molar-refractivity contribution < 1.29 is 9.59 Å². The molecule has 1 unspecified atom stereocenters. The molecule has 0 spiro atoms. The van der Waals surface area contributed by atoms with Crippen LogP contribution in [0.3, 0.4) is 0 Å². The van der Waals surface area contributed by atoms with Crippen molar-refractivity contribution in [3.05, 3.63) is 29.8 Å². The first-order valence-corrected chi connectivity index (χ1v) is 6.42. The second-order valence-corrected chi connectivity index (χ2v) is 5.23. The minimum Gasteiger partial charge on any atom is -0.312 e. The van der Waals surface area contributed by atoms with E-state index in [1.54, 1.807) is 4.90 Å². The Morgan fingerprint density at radius 2 is 2.11 bits per heavy atom. The van der Waals surface area contributed by atoms with Crippen LogP contribution in [0.4, 0.5) is 5.69 Å². The molecule has 1 aliphatic rings. The van der Waals surface area contributed by atoms with Crippen LogP contribution in [0.15, 0.2) is 24.3 Å². The number of hydrogen-bond donors (Lipinski definition) is 0. The Hall–Kier alpha value is -1.64. The van der Waals surface area contributed by atoms with Gasteiger partial charge in [-0.1, -0.05) is 26.0 Å². The number of aryl methyl sites for hydroxylation is 1. The zero-order valence-corrected chi connectivity index (χ0v) is 11.1. The summed E-state index contributed by atoms with van der Waals surface area (Å²) in [5.74, 6) is -0.489. The van der Waals surface area contributed by atoms with E-state index < -0.39 is 5.92 Å². The molecule has 0 N–H and O–H groups in total. The molecule has 1 amide bonds. The Balaban J connectivity index is 2.19. The average molecular weight is 245 g/mol. The van der Waals surface area contributed by atoms with Gasteiger partial charge in [-0.15, -0.1) is 0 Å². The highest BCUT2D eigenvalue weighted by molar-refractivity contribution is 6.10. The van der Waals surface area contributed by atoms with Gasteiger partial charge in [0.05, 0.1) is 5.92 Å². The van der Waals surface area contributed by atoms with E-state index in [2.05, 4.69) is 0 Å². The first-order chi connectivity index (χ1) is 8.50. The largest absolute Gasteiger partial charge is 0.312 e. The second kappa shape index (κ2) is 4.92. The van der Waals surface area contributed by atoms with Gasteiger partial charge in [0.2, 0.25) is 5.91 Å². The van der Waals surface area contributed by atoms with Crippen LogP contribution < -0.4 is 4.90 Å². The third-order valence-corrected chi connectivity index (χ3v) is 3.43. The van der Waals surface area contributed by atoms with Crippen molar-refractivity contribution in [3.63, 3.8) is 0 Å². The van der Waals surface area contributed by atoms with E-state index in [1.807, 2.05) is 45.0 Å². The topological polar surface area (TPSA) is 37.4 Å². The van der Waals surface area contributed by atoms with Crippen molar-refractivity contribution in [2.75, 3.05) is 11.4 Å². The summed E-state index contributed by atoms with van der Waals surface area (Å²) in [5, 5.41) is 0. The van der Waals surface area contributed by atoms with E-state index in [1.165, 1.54) is 0 Å². The van der Waals surface area contributed by atoms with E-state index in [9.17, 15) is 9.59 Å². The maximum Gasteiger partial charge on any atom is 0.237 e. The Morgan fingerprint density at radius 1 is 1.39 bits per heavy atom. The van der Waals surface area contributed by atoms with Crippen LogP contribution >= 0.6 is 0 Å². The molecule has 2 rings (SSSR count). The van der Waals surface area contributed by atoms with Crippen molar-refractivity contribution in [3.8, 4) is 0 Å². The fourth-order valence-electron chi connectivity index (χ4n) is 2.40. The standard InChI is InChI=1S/C15H19NO2/c1-10(2)14(17)13-7-8-16(15(13)18)12-6-4-5-11(3)9-12/h4-6,9-10,13H,7-8H2,1-3H3. The van der Waals surface area contributed by atoms with Crippen LogP contribution in [0.1, 0.15) is 25.8 Å². The minimum atomic E-state index is -0.439. The lowest BCUT2D eigenvalue weighted by atomic mass is 9.94. The van der Waals surface area contributed by atoms with Crippen molar-refractivity contribution in [1.82, 2.24) is 0 Å². The maximum atomic E-state index is 12.3. The highest BCUT2D eigenvalue weighted by atomic mass is 16.2. The average Bonchev–Trinajstić information content (AvgIpc) is 2.70. The fourth-order valence-corrected chi connectivity index (χ4v) is 2.40. The number of Topliss-reactive ketones (excluding diaryl/α,β-unsaturated/α-hetero) is 1. The molecule has 1 heterocycles. The molecule has 0 aromatic heterocycles. The Morgan fingerprint density at radius 3 is 2.72 bits per heavy atom. The summed E-state index contributed by atoms with van der Waals surface area (Å²) in [6, 6.07) is 7.85.